The monoisotopic (exact) mass is 375 g/mol. The first-order valence-corrected chi connectivity index (χ1v) is 7.10. The van der Waals surface area contributed by atoms with Gasteiger partial charge in [0.15, 0.2) is 0 Å². The number of carbonyl (C=O) groups is 2. The van der Waals surface area contributed by atoms with Crippen molar-refractivity contribution in [1.82, 2.24) is 10.6 Å². The average molecular weight is 375 g/mol. The normalized spacial score (nSPS) is 11.8. The van der Waals surface area contributed by atoms with Gasteiger partial charge < -0.3 is 10.6 Å². The molecular weight excluding hydrogens is 357 g/mol. The number of hydrogen-bond donors (Lipinski definition) is 3. The van der Waals surface area contributed by atoms with E-state index in [4.69, 9.17) is 0 Å². The Balaban J connectivity index is 2.48. The van der Waals surface area contributed by atoms with Gasteiger partial charge in [-0.05, 0) is 67.6 Å². The van der Waals surface area contributed by atoms with Gasteiger partial charge in [0, 0.05) is 15.3 Å². The van der Waals surface area contributed by atoms with Crippen LogP contribution in [0.4, 0.5) is 10.5 Å². The molecule has 1 aromatic carbocycles. The van der Waals surface area contributed by atoms with E-state index in [0.29, 0.717) is 0 Å². The van der Waals surface area contributed by atoms with Gasteiger partial charge in [0.2, 0.25) is 5.91 Å². The third-order valence-corrected chi connectivity index (χ3v) is 3.00. The van der Waals surface area contributed by atoms with E-state index >= 15 is 0 Å². The lowest BCUT2D eigenvalue weighted by Gasteiger charge is -2.15. The Labute approximate surface area is 126 Å². The Morgan fingerprint density at radius 1 is 1.11 bits per heavy atom. The molecule has 1 atom stereocenters. The number of urea groups is 1. The van der Waals surface area contributed by atoms with Crippen molar-refractivity contribution in [3.63, 3.8) is 0 Å². The summed E-state index contributed by atoms with van der Waals surface area (Å²) in [5, 5.41) is 7.92. The summed E-state index contributed by atoms with van der Waals surface area (Å²) in [6.45, 7) is 5.37. The highest BCUT2D eigenvalue weighted by molar-refractivity contribution is 14.1. The van der Waals surface area contributed by atoms with Gasteiger partial charge in [0.25, 0.3) is 0 Å². The maximum atomic E-state index is 11.8. The maximum Gasteiger partial charge on any atom is 0.321 e. The van der Waals surface area contributed by atoms with Crippen LogP contribution in [-0.2, 0) is 4.79 Å². The highest BCUT2D eigenvalue weighted by Gasteiger charge is 2.15. The summed E-state index contributed by atoms with van der Waals surface area (Å²) in [5.74, 6) is -0.364. The lowest BCUT2D eigenvalue weighted by atomic mass is 10.2. The van der Waals surface area contributed by atoms with Gasteiger partial charge in [-0.1, -0.05) is 0 Å². The minimum Gasteiger partial charge on any atom is -0.374 e. The summed E-state index contributed by atoms with van der Waals surface area (Å²) in [7, 11) is 0. The van der Waals surface area contributed by atoms with Crippen molar-refractivity contribution in [1.29, 1.82) is 0 Å². The van der Waals surface area contributed by atoms with Crippen molar-refractivity contribution in [2.45, 2.75) is 32.9 Å². The quantitative estimate of drug-likeness (QED) is 0.708. The zero-order valence-corrected chi connectivity index (χ0v) is 13.3. The average Bonchev–Trinajstić information content (AvgIpc) is 2.30. The van der Waals surface area contributed by atoms with Crippen LogP contribution in [-0.4, -0.2) is 24.0 Å². The molecule has 3 N–H and O–H groups in total. The Hall–Kier alpha value is -1.31. The maximum absolute atomic E-state index is 11.8. The molecule has 0 aliphatic heterocycles. The van der Waals surface area contributed by atoms with E-state index in [2.05, 4.69) is 38.5 Å². The largest absolute Gasteiger partial charge is 0.374 e. The van der Waals surface area contributed by atoms with Crippen LogP contribution < -0.4 is 16.0 Å². The summed E-state index contributed by atoms with van der Waals surface area (Å²) >= 11 is 2.21. The Morgan fingerprint density at radius 2 is 1.68 bits per heavy atom. The second kappa shape index (κ2) is 7.32. The van der Waals surface area contributed by atoms with Crippen LogP contribution in [0.3, 0.4) is 0 Å². The molecule has 0 heterocycles. The number of carbonyl (C=O) groups excluding carboxylic acids is 2. The zero-order chi connectivity index (χ0) is 14.4. The lowest BCUT2D eigenvalue weighted by Crippen LogP contribution is -2.47. The summed E-state index contributed by atoms with van der Waals surface area (Å²) < 4.78 is 1.12. The van der Waals surface area contributed by atoms with Crippen molar-refractivity contribution in [2.24, 2.45) is 0 Å². The van der Waals surface area contributed by atoms with Crippen molar-refractivity contribution >= 4 is 40.2 Å². The summed E-state index contributed by atoms with van der Waals surface area (Å²) in [6, 6.07) is 6.69. The van der Waals surface area contributed by atoms with Gasteiger partial charge in [0.05, 0.1) is 0 Å². The number of amides is 3. The van der Waals surface area contributed by atoms with E-state index in [-0.39, 0.29) is 11.9 Å². The topological polar surface area (TPSA) is 70.2 Å². The van der Waals surface area contributed by atoms with Gasteiger partial charge in [0.1, 0.15) is 6.04 Å². The summed E-state index contributed by atoms with van der Waals surface area (Å²) in [6.07, 6.45) is 0. The van der Waals surface area contributed by atoms with Gasteiger partial charge in [-0.15, -0.1) is 0 Å². The fourth-order valence-electron chi connectivity index (χ4n) is 1.38. The van der Waals surface area contributed by atoms with Crippen LogP contribution in [0.2, 0.25) is 0 Å². The first-order chi connectivity index (χ1) is 8.88. The van der Waals surface area contributed by atoms with E-state index < -0.39 is 12.1 Å². The molecule has 5 nitrogen and oxygen atoms in total. The molecule has 0 spiro atoms. The number of imide groups is 1. The lowest BCUT2D eigenvalue weighted by molar-refractivity contribution is -0.120. The minimum atomic E-state index is -0.488. The van der Waals surface area contributed by atoms with Crippen molar-refractivity contribution in [2.75, 3.05) is 5.32 Å². The first-order valence-electron chi connectivity index (χ1n) is 6.02. The molecule has 0 fully saturated rings. The SMILES string of the molecule is CC(C)NC(=O)NC(=O)[C@H](C)Nc1ccc(I)cc1. The van der Waals surface area contributed by atoms with Crippen LogP contribution >= 0.6 is 22.6 Å². The smallest absolute Gasteiger partial charge is 0.321 e. The number of anilines is 1. The number of halogens is 1. The zero-order valence-electron chi connectivity index (χ0n) is 11.2. The van der Waals surface area contributed by atoms with Gasteiger partial charge in [-0.2, -0.15) is 0 Å². The van der Waals surface area contributed by atoms with E-state index in [1.165, 1.54) is 0 Å². The molecule has 0 radical (unpaired) electrons. The predicted octanol–water partition coefficient (Wildman–Crippen LogP) is 2.33. The first kappa shape index (κ1) is 15.7. The van der Waals surface area contributed by atoms with Gasteiger partial charge in [-0.25, -0.2) is 4.79 Å². The number of nitrogens with one attached hydrogen (secondary N) is 3. The fourth-order valence-corrected chi connectivity index (χ4v) is 1.74. The molecule has 104 valence electrons. The fraction of sp³-hybridized carbons (Fsp3) is 0.385. The molecule has 0 unspecified atom stereocenters. The number of rotatable bonds is 4. The molecule has 0 aliphatic rings. The molecule has 0 saturated carbocycles. The van der Waals surface area contributed by atoms with Crippen molar-refractivity contribution < 1.29 is 9.59 Å². The van der Waals surface area contributed by atoms with Crippen LogP contribution in [0.5, 0.6) is 0 Å². The molecule has 0 bridgehead atoms. The Morgan fingerprint density at radius 3 is 2.21 bits per heavy atom. The standard InChI is InChI=1S/C13H18IN3O2/c1-8(2)15-13(19)17-12(18)9(3)16-11-6-4-10(14)5-7-11/h4-9,16H,1-3H3,(H2,15,17,18,19)/t9-/m0/s1. The Kier molecular flexibility index (Phi) is 6.07. The molecule has 3 amide bonds. The van der Waals surface area contributed by atoms with Gasteiger partial charge in [-0.3, -0.25) is 10.1 Å². The van der Waals surface area contributed by atoms with Crippen molar-refractivity contribution in [3.8, 4) is 0 Å². The molecule has 0 aliphatic carbocycles. The number of hydrogen-bond acceptors (Lipinski definition) is 3. The summed E-state index contributed by atoms with van der Waals surface area (Å²) in [5.41, 5.74) is 0.840. The van der Waals surface area contributed by atoms with E-state index in [1.54, 1.807) is 6.92 Å². The molecule has 1 rings (SSSR count). The molecule has 6 heteroatoms. The predicted molar refractivity (Wildman–Crippen MR) is 84.1 cm³/mol. The van der Waals surface area contributed by atoms with E-state index in [1.807, 2.05) is 38.1 Å². The van der Waals surface area contributed by atoms with E-state index in [0.717, 1.165) is 9.26 Å². The number of benzene rings is 1. The Bertz CT molecular complexity index is 446. The van der Waals surface area contributed by atoms with Crippen molar-refractivity contribution in [3.05, 3.63) is 27.8 Å². The second-order valence-corrected chi connectivity index (χ2v) is 5.74. The molecular formula is C13H18IN3O2. The highest BCUT2D eigenvalue weighted by Crippen LogP contribution is 2.12. The van der Waals surface area contributed by atoms with Crippen LogP contribution in [0.1, 0.15) is 20.8 Å². The van der Waals surface area contributed by atoms with Crippen LogP contribution in [0, 0.1) is 3.57 Å². The summed E-state index contributed by atoms with van der Waals surface area (Å²) in [4.78, 5) is 23.2. The minimum absolute atomic E-state index is 0.00716. The second-order valence-electron chi connectivity index (χ2n) is 4.49. The third kappa shape index (κ3) is 5.91. The molecule has 1 aromatic rings. The highest BCUT2D eigenvalue weighted by atomic mass is 127. The molecule has 0 aromatic heterocycles. The van der Waals surface area contributed by atoms with Gasteiger partial charge >= 0.3 is 6.03 Å². The van der Waals surface area contributed by atoms with Crippen LogP contribution in [0.25, 0.3) is 0 Å². The molecule has 19 heavy (non-hydrogen) atoms. The van der Waals surface area contributed by atoms with Crippen LogP contribution in [0.15, 0.2) is 24.3 Å². The third-order valence-electron chi connectivity index (χ3n) is 2.28. The van der Waals surface area contributed by atoms with E-state index in [9.17, 15) is 9.59 Å². The molecule has 0 saturated heterocycles.